The maximum atomic E-state index is 5.47. The molecule has 1 aliphatic rings. The zero-order valence-electron chi connectivity index (χ0n) is 7.53. The molecule has 1 fully saturated rings. The number of ether oxygens (including phenoxy) is 1. The van der Waals surface area contributed by atoms with Crippen molar-refractivity contribution in [2.45, 2.75) is 25.5 Å². The lowest BCUT2D eigenvalue weighted by molar-refractivity contribution is 0.110. The first-order valence-electron chi connectivity index (χ1n) is 4.66. The van der Waals surface area contributed by atoms with E-state index in [9.17, 15) is 0 Å². The number of hydrogen-bond acceptors (Lipinski definition) is 4. The Hall–Kier alpha value is -0.870. The highest BCUT2D eigenvalue weighted by Crippen LogP contribution is 2.10. The molecule has 13 heavy (non-hydrogen) atoms. The minimum absolute atomic E-state index is 0.403. The van der Waals surface area contributed by atoms with E-state index in [1.165, 1.54) is 12.8 Å². The van der Waals surface area contributed by atoms with Gasteiger partial charge < -0.3 is 14.6 Å². The molecule has 0 amide bonds. The fourth-order valence-corrected chi connectivity index (χ4v) is 1.50. The van der Waals surface area contributed by atoms with Crippen LogP contribution in [0.3, 0.4) is 0 Å². The van der Waals surface area contributed by atoms with Crippen LogP contribution >= 0.6 is 0 Å². The standard InChI is InChI=1S/C9H14N2O2/c1-2-9(12-3-1)6-10-4-8-5-11-13-7-8/h5,7,9-10H,1-4,6H2. The molecule has 1 unspecified atom stereocenters. The summed E-state index contributed by atoms with van der Waals surface area (Å²) in [7, 11) is 0. The quantitative estimate of drug-likeness (QED) is 0.753. The van der Waals surface area contributed by atoms with Gasteiger partial charge in [0.05, 0.1) is 12.3 Å². The van der Waals surface area contributed by atoms with E-state index in [1.54, 1.807) is 12.5 Å². The lowest BCUT2D eigenvalue weighted by Gasteiger charge is -2.09. The smallest absolute Gasteiger partial charge is 0.128 e. The Morgan fingerprint density at radius 2 is 2.62 bits per heavy atom. The normalized spacial score (nSPS) is 22.3. The van der Waals surface area contributed by atoms with Gasteiger partial charge in [0.15, 0.2) is 0 Å². The Morgan fingerprint density at radius 3 is 3.31 bits per heavy atom. The summed E-state index contributed by atoms with van der Waals surface area (Å²) in [6.45, 7) is 2.65. The second-order valence-electron chi connectivity index (χ2n) is 3.30. The van der Waals surface area contributed by atoms with Crippen molar-refractivity contribution in [3.63, 3.8) is 0 Å². The van der Waals surface area contributed by atoms with E-state index in [2.05, 4.69) is 10.5 Å². The van der Waals surface area contributed by atoms with Crippen LogP contribution in [0.1, 0.15) is 18.4 Å². The van der Waals surface area contributed by atoms with Gasteiger partial charge in [0.1, 0.15) is 6.26 Å². The van der Waals surface area contributed by atoms with Gasteiger partial charge in [-0.1, -0.05) is 5.16 Å². The Balaban J connectivity index is 1.63. The van der Waals surface area contributed by atoms with Gasteiger partial charge in [0.25, 0.3) is 0 Å². The highest BCUT2D eigenvalue weighted by Gasteiger charge is 2.14. The van der Waals surface area contributed by atoms with Gasteiger partial charge >= 0.3 is 0 Å². The summed E-state index contributed by atoms with van der Waals surface area (Å²) in [5.74, 6) is 0. The highest BCUT2D eigenvalue weighted by atomic mass is 16.5. The third kappa shape index (κ3) is 2.54. The van der Waals surface area contributed by atoms with Gasteiger partial charge in [0, 0.05) is 25.3 Å². The zero-order chi connectivity index (χ0) is 8.93. The molecule has 4 nitrogen and oxygen atoms in total. The van der Waals surface area contributed by atoms with Crippen molar-refractivity contribution in [2.24, 2.45) is 0 Å². The molecule has 1 aliphatic heterocycles. The number of rotatable bonds is 4. The molecular weight excluding hydrogens is 168 g/mol. The van der Waals surface area contributed by atoms with Crippen LogP contribution in [0.2, 0.25) is 0 Å². The SMILES string of the molecule is c1nocc1CNCC1CCCO1. The van der Waals surface area contributed by atoms with Crippen LogP contribution in [0, 0.1) is 0 Å². The molecule has 0 aromatic carbocycles. The van der Waals surface area contributed by atoms with E-state index in [4.69, 9.17) is 9.26 Å². The van der Waals surface area contributed by atoms with Crippen molar-refractivity contribution in [3.8, 4) is 0 Å². The minimum Gasteiger partial charge on any atom is -0.377 e. The molecule has 2 heterocycles. The fraction of sp³-hybridized carbons (Fsp3) is 0.667. The molecule has 1 N–H and O–H groups in total. The Kier molecular flexibility index (Phi) is 2.94. The van der Waals surface area contributed by atoms with E-state index in [-0.39, 0.29) is 0 Å². The van der Waals surface area contributed by atoms with Crippen molar-refractivity contribution < 1.29 is 9.26 Å². The maximum Gasteiger partial charge on any atom is 0.128 e. The van der Waals surface area contributed by atoms with E-state index in [0.29, 0.717) is 6.10 Å². The second kappa shape index (κ2) is 4.39. The third-order valence-corrected chi connectivity index (χ3v) is 2.21. The summed E-state index contributed by atoms with van der Waals surface area (Å²) >= 11 is 0. The molecule has 0 aliphatic carbocycles. The van der Waals surface area contributed by atoms with Crippen LogP contribution in [0.15, 0.2) is 17.0 Å². The average molecular weight is 182 g/mol. The van der Waals surface area contributed by atoms with Gasteiger partial charge in [-0.25, -0.2) is 0 Å². The third-order valence-electron chi connectivity index (χ3n) is 2.21. The van der Waals surface area contributed by atoms with Gasteiger partial charge in [0.2, 0.25) is 0 Å². The van der Waals surface area contributed by atoms with E-state index < -0.39 is 0 Å². The van der Waals surface area contributed by atoms with Crippen LogP contribution < -0.4 is 5.32 Å². The van der Waals surface area contributed by atoms with Crippen LogP contribution in [-0.2, 0) is 11.3 Å². The summed E-state index contributed by atoms with van der Waals surface area (Å²) in [6.07, 6.45) is 6.15. The van der Waals surface area contributed by atoms with Gasteiger partial charge in [-0.05, 0) is 12.8 Å². The van der Waals surface area contributed by atoms with Crippen molar-refractivity contribution >= 4 is 0 Å². The fourth-order valence-electron chi connectivity index (χ4n) is 1.50. The summed E-state index contributed by atoms with van der Waals surface area (Å²) in [6, 6.07) is 0. The number of aromatic nitrogens is 1. The Bertz CT molecular complexity index is 230. The van der Waals surface area contributed by atoms with Crippen molar-refractivity contribution in [1.29, 1.82) is 0 Å². The molecule has 1 aromatic heterocycles. The highest BCUT2D eigenvalue weighted by molar-refractivity contribution is 4.99. The van der Waals surface area contributed by atoms with E-state index in [0.717, 1.165) is 25.3 Å². The molecule has 72 valence electrons. The molecule has 1 aromatic rings. The molecule has 0 saturated carbocycles. The molecule has 4 heteroatoms. The average Bonchev–Trinajstić information content (AvgIpc) is 2.75. The first kappa shape index (κ1) is 8.72. The van der Waals surface area contributed by atoms with Crippen LogP contribution in [0.4, 0.5) is 0 Å². The van der Waals surface area contributed by atoms with Crippen LogP contribution in [0.5, 0.6) is 0 Å². The Labute approximate surface area is 77.2 Å². The van der Waals surface area contributed by atoms with E-state index in [1.807, 2.05) is 0 Å². The molecule has 0 spiro atoms. The summed E-state index contributed by atoms with van der Waals surface area (Å²) in [5, 5.41) is 6.93. The largest absolute Gasteiger partial charge is 0.377 e. The maximum absolute atomic E-state index is 5.47. The predicted molar refractivity (Wildman–Crippen MR) is 47.2 cm³/mol. The minimum atomic E-state index is 0.403. The van der Waals surface area contributed by atoms with Crippen LogP contribution in [0.25, 0.3) is 0 Å². The van der Waals surface area contributed by atoms with Crippen molar-refractivity contribution in [3.05, 3.63) is 18.0 Å². The summed E-state index contributed by atoms with van der Waals surface area (Å²) < 4.78 is 10.2. The Morgan fingerprint density at radius 1 is 1.62 bits per heavy atom. The first-order valence-corrected chi connectivity index (χ1v) is 4.66. The molecule has 0 bridgehead atoms. The van der Waals surface area contributed by atoms with Crippen molar-refractivity contribution in [2.75, 3.05) is 13.2 Å². The monoisotopic (exact) mass is 182 g/mol. The first-order chi connectivity index (χ1) is 6.45. The summed E-state index contributed by atoms with van der Waals surface area (Å²) in [5.41, 5.74) is 1.08. The number of hydrogen-bond donors (Lipinski definition) is 1. The zero-order valence-corrected chi connectivity index (χ0v) is 7.53. The van der Waals surface area contributed by atoms with Gasteiger partial charge in [-0.3, -0.25) is 0 Å². The molecule has 1 saturated heterocycles. The van der Waals surface area contributed by atoms with Crippen molar-refractivity contribution in [1.82, 2.24) is 10.5 Å². The second-order valence-corrected chi connectivity index (χ2v) is 3.30. The van der Waals surface area contributed by atoms with Crippen LogP contribution in [-0.4, -0.2) is 24.4 Å². The van der Waals surface area contributed by atoms with Gasteiger partial charge in [-0.2, -0.15) is 0 Å². The lowest BCUT2D eigenvalue weighted by Crippen LogP contribution is -2.25. The predicted octanol–water partition coefficient (Wildman–Crippen LogP) is 0.943. The molecule has 0 radical (unpaired) electrons. The summed E-state index contributed by atoms with van der Waals surface area (Å²) in [4.78, 5) is 0. The molecule has 2 rings (SSSR count). The topological polar surface area (TPSA) is 47.3 Å². The number of nitrogens with one attached hydrogen (secondary N) is 1. The molecule has 1 atom stereocenters. The van der Waals surface area contributed by atoms with Gasteiger partial charge in [-0.15, -0.1) is 0 Å². The molecular formula is C9H14N2O2. The lowest BCUT2D eigenvalue weighted by atomic mass is 10.2. The number of nitrogens with zero attached hydrogens (tertiary/aromatic N) is 1. The van der Waals surface area contributed by atoms with E-state index >= 15 is 0 Å².